The van der Waals surface area contributed by atoms with Gasteiger partial charge in [0.2, 0.25) is 0 Å². The molecule has 90 valence electrons. The van der Waals surface area contributed by atoms with Gasteiger partial charge in [0.1, 0.15) is 6.73 Å². The average molecular weight is 239 g/mol. The van der Waals surface area contributed by atoms with E-state index in [-0.39, 0.29) is 0 Å². The number of aldehydes is 1. The highest BCUT2D eigenvalue weighted by atomic mass is 16.5. The summed E-state index contributed by atoms with van der Waals surface area (Å²) in [5, 5.41) is 2.09. The fourth-order valence-corrected chi connectivity index (χ4v) is 2.49. The third-order valence-electron chi connectivity index (χ3n) is 3.21. The molecule has 0 atom stereocenters. The summed E-state index contributed by atoms with van der Waals surface area (Å²) in [6.07, 6.45) is 0.909. The van der Waals surface area contributed by atoms with Crippen molar-refractivity contribution >= 4 is 28.1 Å². The standard InChI is InChI=1S/C15H13NO2/c1-18-10-16-13-7-3-2-6-12(13)15-11(9-17)5-4-8-14(15)16/h2-9H,10H2,1H3. The quantitative estimate of drug-likeness (QED) is 0.657. The minimum atomic E-state index is 0.478. The Labute approximate surface area is 105 Å². The molecule has 0 aliphatic carbocycles. The Morgan fingerprint density at radius 3 is 2.67 bits per heavy atom. The normalized spacial score (nSPS) is 11.2. The third-order valence-corrected chi connectivity index (χ3v) is 3.21. The Bertz CT molecular complexity index is 728. The molecule has 0 saturated heterocycles. The smallest absolute Gasteiger partial charge is 0.150 e. The summed E-state index contributed by atoms with van der Waals surface area (Å²) in [6, 6.07) is 13.8. The zero-order valence-electron chi connectivity index (χ0n) is 10.1. The van der Waals surface area contributed by atoms with E-state index in [0.717, 1.165) is 33.7 Å². The van der Waals surface area contributed by atoms with E-state index >= 15 is 0 Å². The average Bonchev–Trinajstić information content (AvgIpc) is 2.74. The van der Waals surface area contributed by atoms with Crippen LogP contribution >= 0.6 is 0 Å². The van der Waals surface area contributed by atoms with Crippen LogP contribution in [0.15, 0.2) is 42.5 Å². The zero-order chi connectivity index (χ0) is 12.5. The first kappa shape index (κ1) is 11.0. The molecule has 3 aromatic rings. The summed E-state index contributed by atoms with van der Waals surface area (Å²) in [4.78, 5) is 11.2. The minimum Gasteiger partial charge on any atom is -0.364 e. The minimum absolute atomic E-state index is 0.478. The molecule has 3 heteroatoms. The summed E-state index contributed by atoms with van der Waals surface area (Å²) in [6.45, 7) is 0.478. The van der Waals surface area contributed by atoms with Crippen molar-refractivity contribution in [2.45, 2.75) is 6.73 Å². The second-order valence-electron chi connectivity index (χ2n) is 4.22. The van der Waals surface area contributed by atoms with Crippen molar-refractivity contribution in [3.63, 3.8) is 0 Å². The van der Waals surface area contributed by atoms with Crippen molar-refractivity contribution in [1.29, 1.82) is 0 Å². The molecule has 0 fully saturated rings. The Balaban J connectivity index is 2.53. The summed E-state index contributed by atoms with van der Waals surface area (Å²) in [5.41, 5.74) is 2.84. The van der Waals surface area contributed by atoms with Gasteiger partial charge in [-0.1, -0.05) is 30.3 Å². The number of hydrogen-bond donors (Lipinski definition) is 0. The largest absolute Gasteiger partial charge is 0.364 e. The first-order valence-electron chi connectivity index (χ1n) is 5.81. The van der Waals surface area contributed by atoms with Gasteiger partial charge in [0.15, 0.2) is 6.29 Å². The van der Waals surface area contributed by atoms with Gasteiger partial charge in [0.25, 0.3) is 0 Å². The highest BCUT2D eigenvalue weighted by Gasteiger charge is 2.12. The fourth-order valence-electron chi connectivity index (χ4n) is 2.49. The molecule has 0 bridgehead atoms. The van der Waals surface area contributed by atoms with Gasteiger partial charge in [0.05, 0.1) is 11.0 Å². The lowest BCUT2D eigenvalue weighted by atomic mass is 10.1. The predicted octanol–water partition coefficient (Wildman–Crippen LogP) is 3.21. The van der Waals surface area contributed by atoms with Crippen LogP contribution in [0.25, 0.3) is 21.8 Å². The van der Waals surface area contributed by atoms with E-state index in [4.69, 9.17) is 4.74 Å². The number of fused-ring (bicyclic) bond motifs is 3. The topological polar surface area (TPSA) is 31.2 Å². The fraction of sp³-hybridized carbons (Fsp3) is 0.133. The first-order chi connectivity index (χ1) is 8.86. The summed E-state index contributed by atoms with van der Waals surface area (Å²) in [7, 11) is 1.67. The number of methoxy groups -OCH3 is 1. The molecule has 3 rings (SSSR count). The summed E-state index contributed by atoms with van der Waals surface area (Å²) < 4.78 is 7.33. The number of aromatic nitrogens is 1. The molecule has 3 nitrogen and oxygen atoms in total. The first-order valence-corrected chi connectivity index (χ1v) is 5.81. The van der Waals surface area contributed by atoms with Crippen molar-refractivity contribution in [1.82, 2.24) is 4.57 Å². The molecular formula is C15H13NO2. The maximum atomic E-state index is 11.2. The third kappa shape index (κ3) is 1.45. The van der Waals surface area contributed by atoms with E-state index in [1.54, 1.807) is 7.11 Å². The Morgan fingerprint density at radius 2 is 1.89 bits per heavy atom. The molecule has 0 N–H and O–H groups in total. The number of para-hydroxylation sites is 1. The second-order valence-corrected chi connectivity index (χ2v) is 4.22. The number of hydrogen-bond acceptors (Lipinski definition) is 2. The van der Waals surface area contributed by atoms with E-state index < -0.39 is 0 Å². The number of carbonyl (C=O) groups is 1. The molecule has 0 spiro atoms. The van der Waals surface area contributed by atoms with Crippen LogP contribution in [0.2, 0.25) is 0 Å². The van der Waals surface area contributed by atoms with E-state index in [1.165, 1.54) is 0 Å². The van der Waals surface area contributed by atoms with E-state index in [2.05, 4.69) is 4.57 Å². The molecule has 18 heavy (non-hydrogen) atoms. The molecule has 0 unspecified atom stereocenters. The van der Waals surface area contributed by atoms with Gasteiger partial charge >= 0.3 is 0 Å². The van der Waals surface area contributed by atoms with E-state index in [0.29, 0.717) is 6.73 Å². The van der Waals surface area contributed by atoms with Crippen LogP contribution in [0.4, 0.5) is 0 Å². The van der Waals surface area contributed by atoms with Crippen molar-refractivity contribution in [2.75, 3.05) is 7.11 Å². The number of ether oxygens (including phenoxy) is 1. The van der Waals surface area contributed by atoms with Gasteiger partial charge in [-0.2, -0.15) is 0 Å². The van der Waals surface area contributed by atoms with Crippen molar-refractivity contribution in [3.05, 3.63) is 48.0 Å². The number of benzene rings is 2. The second kappa shape index (κ2) is 4.27. The molecule has 2 aromatic carbocycles. The van der Waals surface area contributed by atoms with Crippen LogP contribution < -0.4 is 0 Å². The van der Waals surface area contributed by atoms with Gasteiger partial charge in [-0.3, -0.25) is 4.79 Å². The lowest BCUT2D eigenvalue weighted by Gasteiger charge is -2.05. The molecule has 1 aromatic heterocycles. The van der Waals surface area contributed by atoms with E-state index in [9.17, 15) is 4.79 Å². The predicted molar refractivity (Wildman–Crippen MR) is 71.8 cm³/mol. The van der Waals surface area contributed by atoms with Crippen LogP contribution in [0.5, 0.6) is 0 Å². The maximum absolute atomic E-state index is 11.2. The summed E-state index contributed by atoms with van der Waals surface area (Å²) >= 11 is 0. The van der Waals surface area contributed by atoms with Gasteiger partial charge in [-0.15, -0.1) is 0 Å². The summed E-state index contributed by atoms with van der Waals surface area (Å²) in [5.74, 6) is 0. The van der Waals surface area contributed by atoms with Crippen LogP contribution in [-0.4, -0.2) is 18.0 Å². The number of rotatable bonds is 3. The van der Waals surface area contributed by atoms with Crippen molar-refractivity contribution < 1.29 is 9.53 Å². The SMILES string of the molecule is COCn1c2ccccc2c2c(C=O)cccc21. The Morgan fingerprint density at radius 1 is 1.11 bits per heavy atom. The van der Waals surface area contributed by atoms with Crippen LogP contribution in [0.1, 0.15) is 10.4 Å². The monoisotopic (exact) mass is 239 g/mol. The van der Waals surface area contributed by atoms with Crippen LogP contribution in [0, 0.1) is 0 Å². The maximum Gasteiger partial charge on any atom is 0.150 e. The van der Waals surface area contributed by atoms with Gasteiger partial charge < -0.3 is 9.30 Å². The van der Waals surface area contributed by atoms with Gasteiger partial charge in [-0.25, -0.2) is 0 Å². The number of nitrogens with zero attached hydrogens (tertiary/aromatic N) is 1. The zero-order valence-corrected chi connectivity index (χ0v) is 10.1. The van der Waals surface area contributed by atoms with Crippen LogP contribution in [-0.2, 0) is 11.5 Å². The molecule has 0 radical (unpaired) electrons. The highest BCUT2D eigenvalue weighted by molar-refractivity contribution is 6.14. The molecule has 0 aliphatic heterocycles. The molecule has 0 amide bonds. The Hall–Kier alpha value is -2.13. The van der Waals surface area contributed by atoms with Gasteiger partial charge in [0, 0.05) is 23.4 Å². The molecule has 0 aliphatic rings. The van der Waals surface area contributed by atoms with Gasteiger partial charge in [-0.05, 0) is 12.1 Å². The molecule has 1 heterocycles. The van der Waals surface area contributed by atoms with Crippen molar-refractivity contribution in [2.24, 2.45) is 0 Å². The molecular weight excluding hydrogens is 226 g/mol. The van der Waals surface area contributed by atoms with Crippen molar-refractivity contribution in [3.8, 4) is 0 Å². The lowest BCUT2D eigenvalue weighted by molar-refractivity contribution is 0.112. The highest BCUT2D eigenvalue weighted by Crippen LogP contribution is 2.30. The molecule has 0 saturated carbocycles. The number of carbonyl (C=O) groups excluding carboxylic acids is 1. The van der Waals surface area contributed by atoms with E-state index in [1.807, 2.05) is 42.5 Å². The lowest BCUT2D eigenvalue weighted by Crippen LogP contribution is -1.98. The Kier molecular flexibility index (Phi) is 2.61. The van der Waals surface area contributed by atoms with Crippen LogP contribution in [0.3, 0.4) is 0 Å².